The number of aromatic hydroxyl groups is 1. The molecule has 3 heteroatoms. The van der Waals surface area contributed by atoms with Crippen molar-refractivity contribution < 1.29 is 5.11 Å². The van der Waals surface area contributed by atoms with Crippen molar-refractivity contribution in [1.82, 2.24) is 0 Å². The summed E-state index contributed by atoms with van der Waals surface area (Å²) in [5, 5.41) is 9.20. The molecule has 0 saturated carbocycles. The first-order valence-electron chi connectivity index (χ1n) is 2.76. The molecular formula is C7H6BrIO. The zero-order valence-corrected chi connectivity index (χ0v) is 9.10. The van der Waals surface area contributed by atoms with Gasteiger partial charge in [-0.05, 0) is 63.1 Å². The lowest BCUT2D eigenvalue weighted by atomic mass is 10.2. The van der Waals surface area contributed by atoms with Gasteiger partial charge >= 0.3 is 0 Å². The predicted octanol–water partition coefficient (Wildman–Crippen LogP) is 3.07. The van der Waals surface area contributed by atoms with E-state index in [9.17, 15) is 5.11 Å². The first kappa shape index (κ1) is 8.33. The molecule has 1 N–H and O–H groups in total. The number of halogens is 2. The van der Waals surface area contributed by atoms with Crippen LogP contribution in [0.5, 0.6) is 5.75 Å². The molecule has 1 aromatic rings. The molecule has 0 spiro atoms. The third-order valence-corrected chi connectivity index (χ3v) is 3.53. The van der Waals surface area contributed by atoms with E-state index in [1.54, 1.807) is 6.07 Å². The molecule has 1 aromatic carbocycles. The number of hydrogen-bond acceptors (Lipinski definition) is 1. The van der Waals surface area contributed by atoms with E-state index < -0.39 is 0 Å². The van der Waals surface area contributed by atoms with Gasteiger partial charge in [0.15, 0.2) is 0 Å². The van der Waals surface area contributed by atoms with Crippen LogP contribution in [-0.2, 0) is 0 Å². The van der Waals surface area contributed by atoms with Gasteiger partial charge in [-0.3, -0.25) is 0 Å². The fraction of sp³-hybridized carbons (Fsp3) is 0.143. The van der Waals surface area contributed by atoms with Crippen LogP contribution < -0.4 is 0 Å². The van der Waals surface area contributed by atoms with Crippen LogP contribution >= 0.6 is 38.5 Å². The predicted molar refractivity (Wildman–Crippen MR) is 53.3 cm³/mol. The van der Waals surface area contributed by atoms with Crippen molar-refractivity contribution >= 4 is 38.5 Å². The Morgan fingerprint density at radius 1 is 1.50 bits per heavy atom. The number of aryl methyl sites for hydroxylation is 1. The number of rotatable bonds is 0. The standard InChI is InChI=1S/C7H6BrIO/c1-4-2-5(8)6(9)3-7(4)10/h2-3,10H,1H3. The SMILES string of the molecule is Cc1cc(Br)c(I)cc1O. The van der Waals surface area contributed by atoms with Crippen molar-refractivity contribution in [3.63, 3.8) is 0 Å². The molecule has 0 aliphatic rings. The maximum Gasteiger partial charge on any atom is 0.119 e. The van der Waals surface area contributed by atoms with Crippen LogP contribution in [0.15, 0.2) is 16.6 Å². The van der Waals surface area contributed by atoms with E-state index in [1.807, 2.05) is 13.0 Å². The smallest absolute Gasteiger partial charge is 0.119 e. The molecule has 0 heterocycles. The summed E-state index contributed by atoms with van der Waals surface area (Å²) in [5.41, 5.74) is 0.896. The average Bonchev–Trinajstić information content (AvgIpc) is 1.84. The molecule has 0 aromatic heterocycles. The van der Waals surface area contributed by atoms with Crippen LogP contribution in [0.3, 0.4) is 0 Å². The number of phenols is 1. The molecule has 10 heavy (non-hydrogen) atoms. The van der Waals surface area contributed by atoms with Gasteiger partial charge in [0.05, 0.1) is 0 Å². The van der Waals surface area contributed by atoms with Crippen molar-refractivity contribution in [3.8, 4) is 5.75 Å². The van der Waals surface area contributed by atoms with Crippen LogP contribution in [0.1, 0.15) is 5.56 Å². The van der Waals surface area contributed by atoms with E-state index in [4.69, 9.17) is 0 Å². The third kappa shape index (κ3) is 1.63. The number of phenolic OH excluding ortho intramolecular Hbond substituents is 1. The molecule has 0 aliphatic carbocycles. The number of benzene rings is 1. The molecule has 0 amide bonds. The summed E-state index contributed by atoms with van der Waals surface area (Å²) in [6.07, 6.45) is 0. The quantitative estimate of drug-likeness (QED) is 0.730. The van der Waals surface area contributed by atoms with Gasteiger partial charge in [0.2, 0.25) is 0 Å². The summed E-state index contributed by atoms with van der Waals surface area (Å²) in [6.45, 7) is 1.87. The lowest BCUT2D eigenvalue weighted by Gasteiger charge is -2.00. The average molecular weight is 313 g/mol. The second-order valence-electron chi connectivity index (χ2n) is 2.05. The summed E-state index contributed by atoms with van der Waals surface area (Å²) in [7, 11) is 0. The minimum Gasteiger partial charge on any atom is -0.508 e. The summed E-state index contributed by atoms with van der Waals surface area (Å²) in [5.74, 6) is 0.354. The van der Waals surface area contributed by atoms with Crippen LogP contribution in [0.4, 0.5) is 0 Å². The van der Waals surface area contributed by atoms with Gasteiger partial charge in [0, 0.05) is 8.04 Å². The molecular weight excluding hydrogens is 307 g/mol. The van der Waals surface area contributed by atoms with E-state index in [0.29, 0.717) is 5.75 Å². The molecule has 0 unspecified atom stereocenters. The second kappa shape index (κ2) is 3.09. The highest BCUT2D eigenvalue weighted by Gasteiger charge is 2.00. The molecule has 0 atom stereocenters. The lowest BCUT2D eigenvalue weighted by Crippen LogP contribution is -1.78. The Hall–Kier alpha value is 0.230. The number of hydrogen-bond donors (Lipinski definition) is 1. The van der Waals surface area contributed by atoms with Crippen LogP contribution in [0.25, 0.3) is 0 Å². The highest BCUT2D eigenvalue weighted by molar-refractivity contribution is 14.1. The maximum atomic E-state index is 9.20. The third-order valence-electron chi connectivity index (χ3n) is 1.24. The lowest BCUT2D eigenvalue weighted by molar-refractivity contribution is 0.470. The molecule has 0 fully saturated rings. The summed E-state index contributed by atoms with van der Waals surface area (Å²) >= 11 is 5.52. The maximum absolute atomic E-state index is 9.20. The normalized spacial score (nSPS) is 9.90. The fourth-order valence-corrected chi connectivity index (χ4v) is 1.54. The van der Waals surface area contributed by atoms with Gasteiger partial charge in [0.1, 0.15) is 5.75 Å². The van der Waals surface area contributed by atoms with E-state index in [0.717, 1.165) is 13.6 Å². The van der Waals surface area contributed by atoms with E-state index in [1.165, 1.54) is 0 Å². The zero-order valence-electron chi connectivity index (χ0n) is 5.36. The molecule has 0 radical (unpaired) electrons. The van der Waals surface area contributed by atoms with Crippen molar-refractivity contribution in [1.29, 1.82) is 0 Å². The van der Waals surface area contributed by atoms with E-state index in [2.05, 4.69) is 38.5 Å². The Labute approximate surface area is 81.7 Å². The van der Waals surface area contributed by atoms with Gasteiger partial charge in [-0.1, -0.05) is 0 Å². The molecule has 1 nitrogen and oxygen atoms in total. The Bertz CT molecular complexity index is 210. The van der Waals surface area contributed by atoms with Crippen molar-refractivity contribution in [2.75, 3.05) is 0 Å². The first-order chi connectivity index (χ1) is 4.61. The molecule has 1 rings (SSSR count). The minimum absolute atomic E-state index is 0.354. The van der Waals surface area contributed by atoms with Crippen molar-refractivity contribution in [3.05, 3.63) is 25.7 Å². The van der Waals surface area contributed by atoms with Gasteiger partial charge in [0.25, 0.3) is 0 Å². The summed E-state index contributed by atoms with van der Waals surface area (Å²) in [4.78, 5) is 0. The highest BCUT2D eigenvalue weighted by Crippen LogP contribution is 2.26. The molecule has 0 bridgehead atoms. The topological polar surface area (TPSA) is 20.2 Å². The monoisotopic (exact) mass is 312 g/mol. The summed E-state index contributed by atoms with van der Waals surface area (Å²) in [6, 6.07) is 3.64. The Morgan fingerprint density at radius 2 is 2.10 bits per heavy atom. The molecule has 54 valence electrons. The van der Waals surface area contributed by atoms with Gasteiger partial charge in [-0.15, -0.1) is 0 Å². The van der Waals surface area contributed by atoms with Gasteiger partial charge in [-0.2, -0.15) is 0 Å². The molecule has 0 aliphatic heterocycles. The van der Waals surface area contributed by atoms with Gasteiger partial charge < -0.3 is 5.11 Å². The fourth-order valence-electron chi connectivity index (χ4n) is 0.636. The van der Waals surface area contributed by atoms with E-state index >= 15 is 0 Å². The van der Waals surface area contributed by atoms with Crippen molar-refractivity contribution in [2.45, 2.75) is 6.92 Å². The Kier molecular flexibility index (Phi) is 2.57. The van der Waals surface area contributed by atoms with Gasteiger partial charge in [-0.25, -0.2) is 0 Å². The Balaban J connectivity index is 3.28. The van der Waals surface area contributed by atoms with Crippen LogP contribution in [0.2, 0.25) is 0 Å². The largest absolute Gasteiger partial charge is 0.508 e. The Morgan fingerprint density at radius 3 is 2.60 bits per heavy atom. The second-order valence-corrected chi connectivity index (χ2v) is 4.07. The minimum atomic E-state index is 0.354. The first-order valence-corrected chi connectivity index (χ1v) is 4.63. The molecule has 0 saturated heterocycles. The van der Waals surface area contributed by atoms with Crippen LogP contribution in [-0.4, -0.2) is 5.11 Å². The van der Waals surface area contributed by atoms with Crippen molar-refractivity contribution in [2.24, 2.45) is 0 Å². The zero-order chi connectivity index (χ0) is 7.72. The highest BCUT2D eigenvalue weighted by atomic mass is 127. The van der Waals surface area contributed by atoms with E-state index in [-0.39, 0.29) is 0 Å². The summed E-state index contributed by atoms with van der Waals surface area (Å²) < 4.78 is 2.06. The van der Waals surface area contributed by atoms with Crippen LogP contribution in [0, 0.1) is 10.5 Å².